The Kier molecular flexibility index (Phi) is 7.95. The largest absolute Gasteiger partial charge is 0.491 e. The fraction of sp³-hybridized carbons (Fsp3) is 0.500. The van der Waals surface area contributed by atoms with Crippen molar-refractivity contribution in [1.29, 1.82) is 0 Å². The Hall–Kier alpha value is -1.36. The van der Waals surface area contributed by atoms with Crippen molar-refractivity contribution in [3.63, 3.8) is 0 Å². The first-order chi connectivity index (χ1) is 9.61. The summed E-state index contributed by atoms with van der Waals surface area (Å²) >= 11 is 0. The molecule has 112 valence electrons. The second-order valence-corrected chi connectivity index (χ2v) is 4.98. The van der Waals surface area contributed by atoms with Crippen LogP contribution in [0.25, 0.3) is 0 Å². The van der Waals surface area contributed by atoms with E-state index in [1.807, 2.05) is 38.1 Å². The second kappa shape index (κ2) is 9.53. The summed E-state index contributed by atoms with van der Waals surface area (Å²) in [4.78, 5) is 0. The Balaban J connectivity index is 2.35. The SMILES string of the molecule is C=CCOCc1cccc(OCC(O)CNC(C)C)c1. The molecule has 1 atom stereocenters. The molecule has 4 nitrogen and oxygen atoms in total. The molecule has 0 fully saturated rings. The van der Waals surface area contributed by atoms with Crippen molar-refractivity contribution < 1.29 is 14.6 Å². The van der Waals surface area contributed by atoms with Crippen LogP contribution < -0.4 is 10.1 Å². The third-order valence-corrected chi connectivity index (χ3v) is 2.61. The van der Waals surface area contributed by atoms with Crippen LogP contribution in [-0.2, 0) is 11.3 Å². The molecule has 0 amide bonds. The molecule has 0 heterocycles. The lowest BCUT2D eigenvalue weighted by atomic mass is 10.2. The van der Waals surface area contributed by atoms with Crippen LogP contribution in [0.5, 0.6) is 5.75 Å². The molecule has 0 saturated carbocycles. The summed E-state index contributed by atoms with van der Waals surface area (Å²) in [5.74, 6) is 0.744. The Bertz CT molecular complexity index is 393. The Labute approximate surface area is 121 Å². The summed E-state index contributed by atoms with van der Waals surface area (Å²) in [5.41, 5.74) is 1.04. The number of aliphatic hydroxyl groups excluding tert-OH is 1. The summed E-state index contributed by atoms with van der Waals surface area (Å²) in [6.45, 7) is 9.55. The summed E-state index contributed by atoms with van der Waals surface area (Å²) in [6.07, 6.45) is 1.20. The topological polar surface area (TPSA) is 50.7 Å². The molecule has 0 bridgehead atoms. The molecular weight excluding hydrogens is 254 g/mol. The summed E-state index contributed by atoms with van der Waals surface area (Å²) in [6, 6.07) is 8.05. The lowest BCUT2D eigenvalue weighted by Crippen LogP contribution is -2.35. The highest BCUT2D eigenvalue weighted by Crippen LogP contribution is 2.14. The van der Waals surface area contributed by atoms with Gasteiger partial charge in [-0.1, -0.05) is 32.1 Å². The van der Waals surface area contributed by atoms with Crippen molar-refractivity contribution in [2.24, 2.45) is 0 Å². The van der Waals surface area contributed by atoms with Crippen molar-refractivity contribution in [2.45, 2.75) is 32.6 Å². The standard InChI is InChI=1S/C16H25NO3/c1-4-8-19-11-14-6-5-7-16(9-14)20-12-15(18)10-17-13(2)3/h4-7,9,13,15,17-18H,1,8,10-12H2,2-3H3. The lowest BCUT2D eigenvalue weighted by molar-refractivity contribution is 0.104. The minimum absolute atomic E-state index is 0.274. The highest BCUT2D eigenvalue weighted by Gasteiger charge is 2.06. The normalized spacial score (nSPS) is 12.4. The number of rotatable bonds is 10. The van der Waals surface area contributed by atoms with Gasteiger partial charge < -0.3 is 19.9 Å². The second-order valence-electron chi connectivity index (χ2n) is 4.98. The maximum Gasteiger partial charge on any atom is 0.119 e. The van der Waals surface area contributed by atoms with E-state index in [1.54, 1.807) is 6.08 Å². The van der Waals surface area contributed by atoms with E-state index in [2.05, 4.69) is 11.9 Å². The molecule has 0 spiro atoms. The molecular formula is C16H25NO3. The van der Waals surface area contributed by atoms with E-state index in [1.165, 1.54) is 0 Å². The van der Waals surface area contributed by atoms with Crippen molar-refractivity contribution in [3.05, 3.63) is 42.5 Å². The van der Waals surface area contributed by atoms with Gasteiger partial charge >= 0.3 is 0 Å². The first-order valence-electron chi connectivity index (χ1n) is 6.93. The van der Waals surface area contributed by atoms with E-state index < -0.39 is 6.10 Å². The molecule has 1 unspecified atom stereocenters. The first-order valence-corrected chi connectivity index (χ1v) is 6.93. The van der Waals surface area contributed by atoms with E-state index >= 15 is 0 Å². The monoisotopic (exact) mass is 279 g/mol. The molecule has 1 aromatic rings. The predicted molar refractivity (Wildman–Crippen MR) is 80.9 cm³/mol. The molecule has 4 heteroatoms. The van der Waals surface area contributed by atoms with Crippen LogP contribution in [0.4, 0.5) is 0 Å². The smallest absolute Gasteiger partial charge is 0.119 e. The molecule has 20 heavy (non-hydrogen) atoms. The first kappa shape index (κ1) is 16.7. The molecule has 0 radical (unpaired) electrons. The van der Waals surface area contributed by atoms with Gasteiger partial charge in [0, 0.05) is 12.6 Å². The Morgan fingerprint density at radius 1 is 1.40 bits per heavy atom. The maximum absolute atomic E-state index is 9.78. The van der Waals surface area contributed by atoms with Gasteiger partial charge in [-0.2, -0.15) is 0 Å². The highest BCUT2D eigenvalue weighted by molar-refractivity contribution is 5.28. The van der Waals surface area contributed by atoms with Crippen LogP contribution >= 0.6 is 0 Å². The number of hydrogen-bond donors (Lipinski definition) is 2. The van der Waals surface area contributed by atoms with Gasteiger partial charge in [0.05, 0.1) is 13.2 Å². The van der Waals surface area contributed by atoms with Crippen LogP contribution in [0.15, 0.2) is 36.9 Å². The fourth-order valence-electron chi connectivity index (χ4n) is 1.61. The predicted octanol–water partition coefficient (Wildman–Crippen LogP) is 2.13. The molecule has 0 aromatic heterocycles. The summed E-state index contributed by atoms with van der Waals surface area (Å²) < 4.78 is 11.0. The molecule has 1 aromatic carbocycles. The summed E-state index contributed by atoms with van der Waals surface area (Å²) in [5, 5.41) is 12.9. The number of hydrogen-bond acceptors (Lipinski definition) is 4. The van der Waals surface area contributed by atoms with Crippen molar-refractivity contribution in [2.75, 3.05) is 19.8 Å². The average Bonchev–Trinajstić information content (AvgIpc) is 2.43. The molecule has 2 N–H and O–H groups in total. The summed E-state index contributed by atoms with van der Waals surface area (Å²) in [7, 11) is 0. The molecule has 0 aliphatic carbocycles. The third-order valence-electron chi connectivity index (χ3n) is 2.61. The van der Waals surface area contributed by atoms with Gasteiger partial charge in [-0.25, -0.2) is 0 Å². The quantitative estimate of drug-likeness (QED) is 0.509. The van der Waals surface area contributed by atoms with Crippen molar-refractivity contribution in [3.8, 4) is 5.75 Å². The number of nitrogens with one attached hydrogen (secondary N) is 1. The number of ether oxygens (including phenoxy) is 2. The van der Waals surface area contributed by atoms with E-state index in [0.29, 0.717) is 25.8 Å². The molecule has 0 saturated heterocycles. The van der Waals surface area contributed by atoms with Gasteiger partial charge in [-0.05, 0) is 17.7 Å². The van der Waals surface area contributed by atoms with Gasteiger partial charge in [0.1, 0.15) is 18.5 Å². The van der Waals surface area contributed by atoms with Gasteiger partial charge in [-0.3, -0.25) is 0 Å². The fourth-order valence-corrected chi connectivity index (χ4v) is 1.61. The maximum atomic E-state index is 9.78. The van der Waals surface area contributed by atoms with E-state index in [-0.39, 0.29) is 6.61 Å². The molecule has 0 aliphatic heterocycles. The number of benzene rings is 1. The minimum atomic E-state index is -0.516. The lowest BCUT2D eigenvalue weighted by Gasteiger charge is -2.15. The number of aliphatic hydroxyl groups is 1. The molecule has 0 aliphatic rings. The zero-order valence-corrected chi connectivity index (χ0v) is 12.3. The van der Waals surface area contributed by atoms with Gasteiger partial charge in [0.25, 0.3) is 0 Å². The Morgan fingerprint density at radius 3 is 2.90 bits per heavy atom. The van der Waals surface area contributed by atoms with Crippen molar-refractivity contribution >= 4 is 0 Å². The third kappa shape index (κ3) is 7.28. The zero-order valence-electron chi connectivity index (χ0n) is 12.3. The van der Waals surface area contributed by atoms with E-state index in [9.17, 15) is 5.11 Å². The van der Waals surface area contributed by atoms with Crippen LogP contribution in [-0.4, -0.2) is 37.0 Å². The van der Waals surface area contributed by atoms with Crippen molar-refractivity contribution in [1.82, 2.24) is 5.32 Å². The van der Waals surface area contributed by atoms with Gasteiger partial charge in [0.15, 0.2) is 0 Å². The average molecular weight is 279 g/mol. The van der Waals surface area contributed by atoms with Gasteiger partial charge in [0.2, 0.25) is 0 Å². The van der Waals surface area contributed by atoms with Crippen LogP contribution in [0.3, 0.4) is 0 Å². The zero-order chi connectivity index (χ0) is 14.8. The van der Waals surface area contributed by atoms with Crippen LogP contribution in [0, 0.1) is 0 Å². The van der Waals surface area contributed by atoms with E-state index in [4.69, 9.17) is 9.47 Å². The highest BCUT2D eigenvalue weighted by atomic mass is 16.5. The molecule has 1 rings (SSSR count). The van der Waals surface area contributed by atoms with Gasteiger partial charge in [-0.15, -0.1) is 6.58 Å². The van der Waals surface area contributed by atoms with E-state index in [0.717, 1.165) is 11.3 Å². The van der Waals surface area contributed by atoms with Crippen LogP contribution in [0.2, 0.25) is 0 Å². The Morgan fingerprint density at radius 2 is 2.20 bits per heavy atom. The minimum Gasteiger partial charge on any atom is -0.491 e. The van der Waals surface area contributed by atoms with Crippen LogP contribution in [0.1, 0.15) is 19.4 Å².